The van der Waals surface area contributed by atoms with Gasteiger partial charge in [0, 0.05) is 37.8 Å². The second-order valence-corrected chi connectivity index (χ2v) is 6.92. The molecule has 0 aromatic carbocycles. The molecule has 1 saturated heterocycles. The van der Waals surface area contributed by atoms with Crippen LogP contribution in [0.1, 0.15) is 57.7 Å². The third-order valence-corrected chi connectivity index (χ3v) is 5.20. The van der Waals surface area contributed by atoms with Crippen molar-refractivity contribution in [2.24, 2.45) is 5.92 Å². The molecule has 0 amide bonds. The van der Waals surface area contributed by atoms with Gasteiger partial charge in [0.15, 0.2) is 0 Å². The number of aromatic nitrogens is 2. The SMILES string of the molecule is CC(C)n1cncc1CN1CCC2(O)CCCCC2C1. The van der Waals surface area contributed by atoms with E-state index in [1.807, 2.05) is 12.5 Å². The molecule has 2 aliphatic rings. The zero-order valence-corrected chi connectivity index (χ0v) is 12.8. The van der Waals surface area contributed by atoms with Gasteiger partial charge in [-0.25, -0.2) is 4.98 Å². The molecule has 1 N–H and O–H groups in total. The van der Waals surface area contributed by atoms with Crippen molar-refractivity contribution in [2.45, 2.75) is 64.1 Å². The topological polar surface area (TPSA) is 41.3 Å². The number of rotatable bonds is 3. The van der Waals surface area contributed by atoms with Crippen LogP contribution in [0.25, 0.3) is 0 Å². The lowest BCUT2D eigenvalue weighted by atomic mass is 9.71. The number of imidazole rings is 1. The lowest BCUT2D eigenvalue weighted by Gasteiger charge is -2.47. The third kappa shape index (κ3) is 2.63. The molecule has 2 unspecified atom stereocenters. The predicted molar refractivity (Wildman–Crippen MR) is 79.4 cm³/mol. The quantitative estimate of drug-likeness (QED) is 0.923. The summed E-state index contributed by atoms with van der Waals surface area (Å²) in [6.07, 6.45) is 9.54. The minimum Gasteiger partial charge on any atom is -0.390 e. The van der Waals surface area contributed by atoms with E-state index in [9.17, 15) is 5.11 Å². The molecule has 2 heterocycles. The smallest absolute Gasteiger partial charge is 0.0951 e. The van der Waals surface area contributed by atoms with Gasteiger partial charge < -0.3 is 9.67 Å². The van der Waals surface area contributed by atoms with Gasteiger partial charge in [-0.2, -0.15) is 0 Å². The van der Waals surface area contributed by atoms with Crippen molar-refractivity contribution in [3.05, 3.63) is 18.2 Å². The fraction of sp³-hybridized carbons (Fsp3) is 0.812. The Hall–Kier alpha value is -0.870. The van der Waals surface area contributed by atoms with Crippen LogP contribution in [0.2, 0.25) is 0 Å². The van der Waals surface area contributed by atoms with Crippen LogP contribution >= 0.6 is 0 Å². The second-order valence-electron chi connectivity index (χ2n) is 6.92. The van der Waals surface area contributed by atoms with Crippen LogP contribution in [0.3, 0.4) is 0 Å². The Morgan fingerprint density at radius 3 is 3.05 bits per heavy atom. The Balaban J connectivity index is 1.66. The Labute approximate surface area is 121 Å². The average Bonchev–Trinajstić information content (AvgIpc) is 2.87. The van der Waals surface area contributed by atoms with Crippen LogP contribution < -0.4 is 0 Å². The monoisotopic (exact) mass is 277 g/mol. The van der Waals surface area contributed by atoms with Gasteiger partial charge in [0.2, 0.25) is 0 Å². The molecular formula is C16H27N3O. The molecule has 1 saturated carbocycles. The fourth-order valence-corrected chi connectivity index (χ4v) is 3.93. The lowest BCUT2D eigenvalue weighted by molar-refractivity contribution is -0.0970. The molecule has 0 radical (unpaired) electrons. The van der Waals surface area contributed by atoms with Gasteiger partial charge in [-0.15, -0.1) is 0 Å². The molecule has 0 spiro atoms. The highest BCUT2D eigenvalue weighted by Gasteiger charge is 2.42. The summed E-state index contributed by atoms with van der Waals surface area (Å²) >= 11 is 0. The molecule has 4 nitrogen and oxygen atoms in total. The first-order chi connectivity index (χ1) is 9.58. The number of nitrogens with zero attached hydrogens (tertiary/aromatic N) is 3. The largest absolute Gasteiger partial charge is 0.390 e. The first-order valence-corrected chi connectivity index (χ1v) is 8.04. The van der Waals surface area contributed by atoms with E-state index in [2.05, 4.69) is 28.3 Å². The van der Waals surface area contributed by atoms with Gasteiger partial charge in [0.05, 0.1) is 17.6 Å². The van der Waals surface area contributed by atoms with Crippen LogP contribution in [0.5, 0.6) is 0 Å². The summed E-state index contributed by atoms with van der Waals surface area (Å²) in [7, 11) is 0. The van der Waals surface area contributed by atoms with Crippen LogP contribution in [0.4, 0.5) is 0 Å². The summed E-state index contributed by atoms with van der Waals surface area (Å²) in [6, 6.07) is 0.462. The number of fused-ring (bicyclic) bond motifs is 1. The van der Waals surface area contributed by atoms with Crippen LogP contribution in [-0.4, -0.2) is 38.2 Å². The number of piperidine rings is 1. The second kappa shape index (κ2) is 5.49. The molecule has 4 heteroatoms. The number of likely N-dealkylation sites (tertiary alicyclic amines) is 1. The first-order valence-electron chi connectivity index (χ1n) is 8.04. The van der Waals surface area contributed by atoms with Crippen molar-refractivity contribution in [1.29, 1.82) is 0 Å². The van der Waals surface area contributed by atoms with Crippen molar-refractivity contribution in [1.82, 2.24) is 14.5 Å². The van der Waals surface area contributed by atoms with E-state index in [4.69, 9.17) is 0 Å². The minimum absolute atomic E-state index is 0.368. The Morgan fingerprint density at radius 2 is 2.25 bits per heavy atom. The summed E-state index contributed by atoms with van der Waals surface area (Å²) in [6.45, 7) is 7.41. The molecule has 1 aliphatic heterocycles. The third-order valence-electron chi connectivity index (χ3n) is 5.20. The zero-order chi connectivity index (χ0) is 14.2. The number of aliphatic hydroxyl groups is 1. The molecule has 2 fully saturated rings. The molecule has 1 aromatic heterocycles. The highest BCUT2D eigenvalue weighted by Crippen LogP contribution is 2.40. The molecular weight excluding hydrogens is 250 g/mol. The Kier molecular flexibility index (Phi) is 3.87. The fourth-order valence-electron chi connectivity index (χ4n) is 3.93. The predicted octanol–water partition coefficient (Wildman–Crippen LogP) is 2.59. The summed E-state index contributed by atoms with van der Waals surface area (Å²) in [5, 5.41) is 10.7. The highest BCUT2D eigenvalue weighted by molar-refractivity contribution is 5.02. The summed E-state index contributed by atoms with van der Waals surface area (Å²) in [5.41, 5.74) is 0.925. The average molecular weight is 277 g/mol. The first kappa shape index (κ1) is 14.1. The van der Waals surface area contributed by atoms with Crippen molar-refractivity contribution < 1.29 is 5.11 Å². The van der Waals surface area contributed by atoms with Crippen LogP contribution in [-0.2, 0) is 6.54 Å². The van der Waals surface area contributed by atoms with Crippen molar-refractivity contribution in [2.75, 3.05) is 13.1 Å². The molecule has 112 valence electrons. The van der Waals surface area contributed by atoms with E-state index < -0.39 is 0 Å². The van der Waals surface area contributed by atoms with Gasteiger partial charge in [-0.3, -0.25) is 4.90 Å². The van der Waals surface area contributed by atoms with Gasteiger partial charge in [0.25, 0.3) is 0 Å². The van der Waals surface area contributed by atoms with Gasteiger partial charge in [0.1, 0.15) is 0 Å². The molecule has 20 heavy (non-hydrogen) atoms. The number of hydrogen-bond donors (Lipinski definition) is 1. The van der Waals surface area contributed by atoms with E-state index in [1.54, 1.807) is 0 Å². The highest BCUT2D eigenvalue weighted by atomic mass is 16.3. The van der Waals surface area contributed by atoms with Gasteiger partial charge >= 0.3 is 0 Å². The van der Waals surface area contributed by atoms with Gasteiger partial charge in [-0.05, 0) is 33.1 Å². The molecule has 2 atom stereocenters. The van der Waals surface area contributed by atoms with E-state index in [1.165, 1.54) is 25.0 Å². The maximum Gasteiger partial charge on any atom is 0.0951 e. The van der Waals surface area contributed by atoms with Crippen LogP contribution in [0.15, 0.2) is 12.5 Å². The van der Waals surface area contributed by atoms with E-state index >= 15 is 0 Å². The maximum absolute atomic E-state index is 10.7. The minimum atomic E-state index is -0.368. The Morgan fingerprint density at radius 1 is 1.40 bits per heavy atom. The standard InChI is InChI=1S/C16H27N3O/c1-13(2)19-12-17-9-15(19)11-18-8-7-16(20)6-4-3-5-14(16)10-18/h9,12-14,20H,3-8,10-11H2,1-2H3. The van der Waals surface area contributed by atoms with Crippen LogP contribution in [0, 0.1) is 5.92 Å². The summed E-state index contributed by atoms with van der Waals surface area (Å²) in [4.78, 5) is 6.79. The zero-order valence-electron chi connectivity index (χ0n) is 12.8. The van der Waals surface area contributed by atoms with E-state index in [-0.39, 0.29) is 5.60 Å². The molecule has 1 aliphatic carbocycles. The van der Waals surface area contributed by atoms with Gasteiger partial charge in [-0.1, -0.05) is 12.8 Å². The summed E-state index contributed by atoms with van der Waals surface area (Å²) < 4.78 is 2.25. The summed E-state index contributed by atoms with van der Waals surface area (Å²) in [5.74, 6) is 0.473. The van der Waals surface area contributed by atoms with Crippen molar-refractivity contribution in [3.8, 4) is 0 Å². The molecule has 0 bridgehead atoms. The molecule has 3 rings (SSSR count). The maximum atomic E-state index is 10.7. The van der Waals surface area contributed by atoms with E-state index in [0.29, 0.717) is 12.0 Å². The van der Waals surface area contributed by atoms with Crippen molar-refractivity contribution in [3.63, 3.8) is 0 Å². The number of hydrogen-bond acceptors (Lipinski definition) is 3. The molecule has 1 aromatic rings. The van der Waals surface area contributed by atoms with Crippen molar-refractivity contribution >= 4 is 0 Å². The Bertz CT molecular complexity index is 456. The lowest BCUT2D eigenvalue weighted by Crippen LogP contribution is -2.53. The van der Waals surface area contributed by atoms with E-state index in [0.717, 1.165) is 32.5 Å². The normalized spacial score (nSPS) is 31.5.